The van der Waals surface area contributed by atoms with Crippen molar-refractivity contribution in [1.29, 1.82) is 0 Å². The molecule has 2 atom stereocenters. The summed E-state index contributed by atoms with van der Waals surface area (Å²) in [6.07, 6.45) is -0.271. The number of hydrogen-bond donors (Lipinski definition) is 1. The maximum Gasteiger partial charge on any atom is 0.422 e. The number of imidazole rings is 1. The molecule has 12 heteroatoms. The molecule has 2 aromatic carbocycles. The van der Waals surface area contributed by atoms with Crippen molar-refractivity contribution < 1.29 is 41.7 Å². The molecule has 0 saturated heterocycles. The van der Waals surface area contributed by atoms with E-state index in [2.05, 4.69) is 9.97 Å². The molecule has 1 aliphatic carbocycles. The summed E-state index contributed by atoms with van der Waals surface area (Å²) in [4.78, 5) is 21.5. The third-order valence-electron chi connectivity index (χ3n) is 8.15. The highest BCUT2D eigenvalue weighted by Gasteiger charge is 2.57. The molecular formula is C32H29F4N3O5. The number of Topliss-reactive ketones (excluding diaryl/α,β-unsaturated/α-hetero) is 1. The van der Waals surface area contributed by atoms with E-state index in [0.29, 0.717) is 16.9 Å². The van der Waals surface area contributed by atoms with Gasteiger partial charge in [0, 0.05) is 35.5 Å². The third-order valence-corrected chi connectivity index (χ3v) is 8.15. The first-order chi connectivity index (χ1) is 20.9. The second-order valence-electron chi connectivity index (χ2n) is 11.2. The summed E-state index contributed by atoms with van der Waals surface area (Å²) in [5.41, 5.74) is -4.48. The molecule has 4 aromatic rings. The zero-order chi connectivity index (χ0) is 31.3. The van der Waals surface area contributed by atoms with Gasteiger partial charge in [-0.25, -0.2) is 14.4 Å². The lowest BCUT2D eigenvalue weighted by Crippen LogP contribution is -2.44. The molecule has 0 spiro atoms. The average molecular weight is 612 g/mol. The van der Waals surface area contributed by atoms with Crippen LogP contribution in [0.3, 0.4) is 0 Å². The van der Waals surface area contributed by atoms with Gasteiger partial charge < -0.3 is 23.9 Å². The van der Waals surface area contributed by atoms with Crippen molar-refractivity contribution in [1.82, 2.24) is 14.5 Å². The molecule has 0 bridgehead atoms. The highest BCUT2D eigenvalue weighted by atomic mass is 19.4. The van der Waals surface area contributed by atoms with E-state index in [1.165, 1.54) is 50.0 Å². The quantitative estimate of drug-likeness (QED) is 0.169. The number of benzene rings is 2. The van der Waals surface area contributed by atoms with Gasteiger partial charge >= 0.3 is 6.18 Å². The Bertz CT molecular complexity index is 1690. The number of ether oxygens (including phenoxy) is 3. The average Bonchev–Trinajstić information content (AvgIpc) is 3.50. The van der Waals surface area contributed by atoms with Crippen molar-refractivity contribution in [3.63, 3.8) is 0 Å². The Kier molecular flexibility index (Phi) is 7.35. The Morgan fingerprint density at radius 3 is 2.52 bits per heavy atom. The lowest BCUT2D eigenvalue weighted by molar-refractivity contribution is -0.270. The Balaban J connectivity index is 1.39. The van der Waals surface area contributed by atoms with E-state index in [1.54, 1.807) is 23.8 Å². The predicted molar refractivity (Wildman–Crippen MR) is 150 cm³/mol. The highest BCUT2D eigenvalue weighted by Crippen LogP contribution is 2.49. The number of methoxy groups -OCH3 is 1. The number of carbonyl (C=O) groups is 1. The van der Waals surface area contributed by atoms with Crippen LogP contribution in [-0.2, 0) is 11.1 Å². The monoisotopic (exact) mass is 611 g/mol. The molecule has 1 aliphatic heterocycles. The molecule has 2 aliphatic rings. The topological polar surface area (TPSA) is 95.7 Å². The summed E-state index contributed by atoms with van der Waals surface area (Å²) in [6.45, 7) is 1.81. The van der Waals surface area contributed by atoms with Gasteiger partial charge in [-0.05, 0) is 74.7 Å². The molecular weight excluding hydrogens is 582 g/mol. The standard InChI is InChI=1S/C32H29F4N3O5/c1-30(39-14-13-37-18-39)17-43-29-23(30)16-27(38-28(29)19-3-6-21(33)7-4-19)31(41,32(34,35)36)12-11-24(40)20-5-10-25(26(15-20)42-2)44-22-8-9-22/h3-7,10,13-16,18,22,41H,8-9,11-12,17H2,1-2H3/t30-,31-/m0/s1. The van der Waals surface area contributed by atoms with Gasteiger partial charge in [0.25, 0.3) is 0 Å². The van der Waals surface area contributed by atoms with Gasteiger partial charge in [0.2, 0.25) is 5.60 Å². The summed E-state index contributed by atoms with van der Waals surface area (Å²) in [5.74, 6) is -0.234. The number of pyridine rings is 1. The predicted octanol–water partition coefficient (Wildman–Crippen LogP) is 6.20. The number of alkyl halides is 3. The molecule has 44 heavy (non-hydrogen) atoms. The van der Waals surface area contributed by atoms with Gasteiger partial charge in [-0.1, -0.05) is 0 Å². The third kappa shape index (κ3) is 5.27. The van der Waals surface area contributed by atoms with Gasteiger partial charge in [-0.15, -0.1) is 0 Å². The van der Waals surface area contributed by atoms with E-state index in [4.69, 9.17) is 14.2 Å². The van der Waals surface area contributed by atoms with Crippen molar-refractivity contribution in [2.75, 3.05) is 13.7 Å². The second-order valence-corrected chi connectivity index (χ2v) is 11.2. The fourth-order valence-corrected chi connectivity index (χ4v) is 5.31. The molecule has 0 unspecified atom stereocenters. The summed E-state index contributed by atoms with van der Waals surface area (Å²) < 4.78 is 77.0. The Morgan fingerprint density at radius 2 is 1.89 bits per heavy atom. The van der Waals surface area contributed by atoms with Crippen LogP contribution in [0.2, 0.25) is 0 Å². The van der Waals surface area contributed by atoms with Crippen LogP contribution in [0, 0.1) is 5.82 Å². The molecule has 1 fully saturated rings. The van der Waals surface area contributed by atoms with E-state index in [9.17, 15) is 27.5 Å². The number of fused-ring (bicyclic) bond motifs is 1. The van der Waals surface area contributed by atoms with E-state index in [1.807, 2.05) is 0 Å². The number of halogens is 4. The lowest BCUT2D eigenvalue weighted by atomic mass is 9.85. The first-order valence-corrected chi connectivity index (χ1v) is 14.0. The van der Waals surface area contributed by atoms with Gasteiger partial charge in [-0.3, -0.25) is 4.79 Å². The van der Waals surface area contributed by atoms with Crippen molar-refractivity contribution in [3.05, 3.63) is 89.9 Å². The summed E-state index contributed by atoms with van der Waals surface area (Å²) >= 11 is 0. The van der Waals surface area contributed by atoms with Crippen LogP contribution < -0.4 is 14.2 Å². The fourth-order valence-electron chi connectivity index (χ4n) is 5.31. The molecule has 6 rings (SSSR count). The molecule has 1 saturated carbocycles. The largest absolute Gasteiger partial charge is 0.493 e. The van der Waals surface area contributed by atoms with Crippen LogP contribution in [0.15, 0.2) is 67.3 Å². The summed E-state index contributed by atoms with van der Waals surface area (Å²) in [5, 5.41) is 11.4. The Labute approximate surface area is 250 Å². The zero-order valence-corrected chi connectivity index (χ0v) is 23.9. The molecule has 2 aromatic heterocycles. The smallest absolute Gasteiger partial charge is 0.422 e. The Hall–Kier alpha value is -4.45. The van der Waals surface area contributed by atoms with Crippen LogP contribution in [0.5, 0.6) is 17.2 Å². The molecule has 230 valence electrons. The van der Waals surface area contributed by atoms with Gasteiger partial charge in [0.1, 0.15) is 23.7 Å². The Morgan fingerprint density at radius 1 is 1.14 bits per heavy atom. The number of ketones is 1. The molecule has 0 radical (unpaired) electrons. The SMILES string of the molecule is COc1cc(C(=O)CC[C@](O)(c2cc3c(c(-c4ccc(F)cc4)n2)OC[C@]3(C)n2ccnc2)C(F)(F)F)ccc1OC1CC1. The fraction of sp³-hybridized carbons (Fsp3) is 0.344. The van der Waals surface area contributed by atoms with Gasteiger partial charge in [0.15, 0.2) is 23.0 Å². The molecule has 1 N–H and O–H groups in total. The number of hydrogen-bond acceptors (Lipinski definition) is 7. The number of carbonyl (C=O) groups excluding carboxylic acids is 1. The van der Waals surface area contributed by atoms with Crippen LogP contribution in [-0.4, -0.2) is 51.4 Å². The van der Waals surface area contributed by atoms with Crippen LogP contribution in [0.1, 0.15) is 54.2 Å². The first-order valence-electron chi connectivity index (χ1n) is 14.0. The maximum absolute atomic E-state index is 14.8. The highest BCUT2D eigenvalue weighted by molar-refractivity contribution is 5.96. The number of aliphatic hydroxyl groups is 1. The van der Waals surface area contributed by atoms with Crippen LogP contribution in [0.4, 0.5) is 17.6 Å². The van der Waals surface area contributed by atoms with Gasteiger partial charge in [0.05, 0.1) is 25.2 Å². The maximum atomic E-state index is 14.8. The van der Waals surface area contributed by atoms with Crippen molar-refractivity contribution in [2.45, 2.75) is 56.0 Å². The van der Waals surface area contributed by atoms with E-state index >= 15 is 0 Å². The summed E-state index contributed by atoms with van der Waals surface area (Å²) in [7, 11) is 1.41. The normalized spacial score (nSPS) is 19.2. The van der Waals surface area contributed by atoms with E-state index in [-0.39, 0.29) is 35.5 Å². The van der Waals surface area contributed by atoms with Crippen LogP contribution >= 0.6 is 0 Å². The first kappa shape index (κ1) is 29.6. The molecule has 3 heterocycles. The van der Waals surface area contributed by atoms with Gasteiger partial charge in [-0.2, -0.15) is 13.2 Å². The molecule has 8 nitrogen and oxygen atoms in total. The number of rotatable bonds is 10. The number of aromatic nitrogens is 3. The minimum Gasteiger partial charge on any atom is -0.493 e. The minimum absolute atomic E-state index is 0.00586. The second kappa shape index (κ2) is 10.9. The minimum atomic E-state index is -5.21. The summed E-state index contributed by atoms with van der Waals surface area (Å²) in [6, 6.07) is 10.7. The van der Waals surface area contributed by atoms with Crippen molar-refractivity contribution in [2.24, 2.45) is 0 Å². The van der Waals surface area contributed by atoms with Crippen molar-refractivity contribution in [3.8, 4) is 28.5 Å². The molecule has 0 amide bonds. The lowest BCUT2D eigenvalue weighted by Gasteiger charge is -2.32. The van der Waals surface area contributed by atoms with E-state index in [0.717, 1.165) is 25.0 Å². The van der Waals surface area contributed by atoms with Crippen LogP contribution in [0.25, 0.3) is 11.3 Å². The number of nitrogens with zero attached hydrogens (tertiary/aromatic N) is 3. The van der Waals surface area contributed by atoms with E-state index < -0.39 is 47.5 Å². The van der Waals surface area contributed by atoms with Crippen molar-refractivity contribution >= 4 is 5.78 Å². The zero-order valence-electron chi connectivity index (χ0n) is 23.9.